The zero-order valence-electron chi connectivity index (χ0n) is 10.9. The normalized spacial score (nSPS) is 19.2. The highest BCUT2D eigenvalue weighted by molar-refractivity contribution is 5.93. The Morgan fingerprint density at radius 2 is 2.20 bits per heavy atom. The fourth-order valence-corrected chi connectivity index (χ4v) is 2.24. The van der Waals surface area contributed by atoms with Crippen molar-refractivity contribution in [2.75, 3.05) is 26.3 Å². The molecule has 0 radical (unpaired) electrons. The first-order chi connectivity index (χ1) is 9.78. The van der Waals surface area contributed by atoms with Crippen LogP contribution in [0.5, 0.6) is 0 Å². The van der Waals surface area contributed by atoms with Gasteiger partial charge in [0, 0.05) is 13.1 Å². The lowest BCUT2D eigenvalue weighted by atomic mass is 10.2. The third-order valence-corrected chi connectivity index (χ3v) is 3.30. The Labute approximate surface area is 116 Å². The summed E-state index contributed by atoms with van der Waals surface area (Å²) in [4.78, 5) is 22.6. The summed E-state index contributed by atoms with van der Waals surface area (Å²) in [5.41, 5.74) is 1.78. The molecule has 1 saturated heterocycles. The number of carbonyl (C=O) groups excluding carboxylic acids is 1. The lowest BCUT2D eigenvalue weighted by Crippen LogP contribution is -2.47. The maximum absolute atomic E-state index is 12.4. The second kappa shape index (κ2) is 5.52. The van der Waals surface area contributed by atoms with Crippen LogP contribution in [0.15, 0.2) is 30.5 Å². The van der Waals surface area contributed by atoms with Gasteiger partial charge in [0.25, 0.3) is 5.91 Å². The maximum atomic E-state index is 12.4. The third kappa shape index (κ3) is 2.48. The summed E-state index contributed by atoms with van der Waals surface area (Å²) < 4.78 is 5.33. The van der Waals surface area contributed by atoms with E-state index in [1.54, 1.807) is 4.90 Å². The Hall–Kier alpha value is -2.05. The predicted molar refractivity (Wildman–Crippen MR) is 72.3 cm³/mol. The summed E-state index contributed by atoms with van der Waals surface area (Å²) in [6, 6.07) is 7.43. The van der Waals surface area contributed by atoms with Gasteiger partial charge in [-0.25, -0.2) is 4.98 Å². The monoisotopic (exact) mass is 273 g/mol. The Balaban J connectivity index is 1.84. The number of aliphatic hydroxyl groups excluding tert-OH is 1. The number of hydrogen-bond donors (Lipinski definition) is 1. The van der Waals surface area contributed by atoms with E-state index in [0.29, 0.717) is 30.9 Å². The minimum Gasteiger partial charge on any atom is -0.394 e. The number of para-hydroxylation sites is 2. The largest absolute Gasteiger partial charge is 0.394 e. The van der Waals surface area contributed by atoms with Gasteiger partial charge in [-0.3, -0.25) is 9.78 Å². The van der Waals surface area contributed by atoms with E-state index < -0.39 is 0 Å². The molecule has 0 spiro atoms. The van der Waals surface area contributed by atoms with Crippen molar-refractivity contribution < 1.29 is 14.6 Å². The van der Waals surface area contributed by atoms with Crippen LogP contribution in [0.2, 0.25) is 0 Å². The Morgan fingerprint density at radius 3 is 3.00 bits per heavy atom. The van der Waals surface area contributed by atoms with Crippen LogP contribution in [0.25, 0.3) is 11.0 Å². The van der Waals surface area contributed by atoms with Gasteiger partial charge in [-0.2, -0.15) is 0 Å². The number of aromatic nitrogens is 2. The van der Waals surface area contributed by atoms with E-state index in [2.05, 4.69) is 9.97 Å². The van der Waals surface area contributed by atoms with Gasteiger partial charge in [-0.1, -0.05) is 12.1 Å². The topological polar surface area (TPSA) is 75.6 Å². The smallest absolute Gasteiger partial charge is 0.274 e. The zero-order chi connectivity index (χ0) is 13.9. The molecule has 1 aliphatic heterocycles. The molecule has 1 fully saturated rings. The molecule has 2 heterocycles. The molecule has 1 unspecified atom stereocenters. The van der Waals surface area contributed by atoms with Crippen molar-refractivity contribution in [2.24, 2.45) is 0 Å². The quantitative estimate of drug-likeness (QED) is 0.860. The molecule has 3 rings (SSSR count). The average Bonchev–Trinajstić information content (AvgIpc) is 2.53. The Bertz CT molecular complexity index is 632. The molecule has 0 saturated carbocycles. The van der Waals surface area contributed by atoms with Gasteiger partial charge in [0.1, 0.15) is 5.69 Å². The number of nitrogens with zero attached hydrogens (tertiary/aromatic N) is 3. The van der Waals surface area contributed by atoms with Gasteiger partial charge in [0.15, 0.2) is 0 Å². The van der Waals surface area contributed by atoms with E-state index >= 15 is 0 Å². The van der Waals surface area contributed by atoms with Gasteiger partial charge in [0.2, 0.25) is 0 Å². The van der Waals surface area contributed by atoms with Crippen LogP contribution in [0.1, 0.15) is 10.5 Å². The first kappa shape index (κ1) is 13.0. The fourth-order valence-electron chi connectivity index (χ4n) is 2.24. The van der Waals surface area contributed by atoms with E-state index in [1.165, 1.54) is 6.20 Å². The summed E-state index contributed by atoms with van der Waals surface area (Å²) >= 11 is 0. The third-order valence-electron chi connectivity index (χ3n) is 3.30. The van der Waals surface area contributed by atoms with Gasteiger partial charge < -0.3 is 14.7 Å². The molecule has 6 heteroatoms. The number of amides is 1. The number of aliphatic hydroxyl groups is 1. The molecule has 1 aromatic heterocycles. The highest BCUT2D eigenvalue weighted by Gasteiger charge is 2.25. The van der Waals surface area contributed by atoms with Gasteiger partial charge in [0.05, 0.1) is 36.5 Å². The second-order valence-corrected chi connectivity index (χ2v) is 4.67. The predicted octanol–water partition coefficient (Wildman–Crippen LogP) is 0.463. The van der Waals surface area contributed by atoms with E-state index in [9.17, 15) is 4.79 Å². The number of morpholine rings is 1. The van der Waals surface area contributed by atoms with Crippen LogP contribution >= 0.6 is 0 Å². The lowest BCUT2D eigenvalue weighted by Gasteiger charge is -2.31. The summed E-state index contributed by atoms with van der Waals surface area (Å²) in [6.07, 6.45) is 1.18. The molecule has 0 bridgehead atoms. The number of carbonyl (C=O) groups is 1. The summed E-state index contributed by atoms with van der Waals surface area (Å²) in [6.45, 7) is 1.22. The Morgan fingerprint density at radius 1 is 1.40 bits per heavy atom. The average molecular weight is 273 g/mol. The number of fused-ring (bicyclic) bond motifs is 1. The zero-order valence-corrected chi connectivity index (χ0v) is 10.9. The molecular weight excluding hydrogens is 258 g/mol. The van der Waals surface area contributed by atoms with Crippen molar-refractivity contribution in [1.29, 1.82) is 0 Å². The minimum atomic E-state index is -0.318. The fraction of sp³-hybridized carbons (Fsp3) is 0.357. The van der Waals surface area contributed by atoms with Gasteiger partial charge in [-0.05, 0) is 12.1 Å². The summed E-state index contributed by atoms with van der Waals surface area (Å²) in [5, 5.41) is 9.11. The molecule has 1 atom stereocenters. The second-order valence-electron chi connectivity index (χ2n) is 4.67. The van der Waals surface area contributed by atoms with E-state index in [0.717, 1.165) is 5.52 Å². The first-order valence-corrected chi connectivity index (χ1v) is 6.51. The van der Waals surface area contributed by atoms with Crippen molar-refractivity contribution in [3.05, 3.63) is 36.2 Å². The molecule has 1 aliphatic rings. The van der Waals surface area contributed by atoms with Gasteiger partial charge in [-0.15, -0.1) is 0 Å². The molecule has 20 heavy (non-hydrogen) atoms. The Kier molecular flexibility index (Phi) is 3.58. The van der Waals surface area contributed by atoms with Crippen molar-refractivity contribution in [3.63, 3.8) is 0 Å². The molecule has 2 aromatic rings. The van der Waals surface area contributed by atoms with E-state index in [1.807, 2.05) is 24.3 Å². The van der Waals surface area contributed by atoms with Crippen LogP contribution in [-0.4, -0.2) is 58.3 Å². The number of benzene rings is 1. The molecule has 6 nitrogen and oxygen atoms in total. The molecular formula is C14H15N3O3. The van der Waals surface area contributed by atoms with Crippen molar-refractivity contribution >= 4 is 16.9 Å². The van der Waals surface area contributed by atoms with Crippen molar-refractivity contribution in [2.45, 2.75) is 6.10 Å². The molecule has 1 N–H and O–H groups in total. The highest BCUT2D eigenvalue weighted by Crippen LogP contribution is 2.12. The summed E-state index contributed by atoms with van der Waals surface area (Å²) in [7, 11) is 0. The van der Waals surface area contributed by atoms with Crippen LogP contribution in [0, 0.1) is 0 Å². The standard InChI is InChI=1S/C14H15N3O3/c18-9-10-8-17(5-6-20-10)14(19)13-7-15-11-3-1-2-4-12(11)16-13/h1-4,7,10,18H,5-6,8-9H2. The molecule has 1 amide bonds. The van der Waals surface area contributed by atoms with E-state index in [4.69, 9.17) is 9.84 Å². The van der Waals surface area contributed by atoms with Crippen LogP contribution in [-0.2, 0) is 4.74 Å². The van der Waals surface area contributed by atoms with Crippen LogP contribution in [0.4, 0.5) is 0 Å². The van der Waals surface area contributed by atoms with Crippen LogP contribution in [0.3, 0.4) is 0 Å². The maximum Gasteiger partial charge on any atom is 0.274 e. The molecule has 0 aliphatic carbocycles. The SMILES string of the molecule is O=C(c1cnc2ccccc2n1)N1CCOC(CO)C1. The van der Waals surface area contributed by atoms with Crippen molar-refractivity contribution in [3.8, 4) is 0 Å². The first-order valence-electron chi connectivity index (χ1n) is 6.51. The number of hydrogen-bond acceptors (Lipinski definition) is 5. The van der Waals surface area contributed by atoms with Crippen molar-refractivity contribution in [1.82, 2.24) is 14.9 Å². The van der Waals surface area contributed by atoms with Gasteiger partial charge >= 0.3 is 0 Å². The molecule has 1 aromatic carbocycles. The molecule has 104 valence electrons. The lowest BCUT2D eigenvalue weighted by molar-refractivity contribution is -0.0448. The highest BCUT2D eigenvalue weighted by atomic mass is 16.5. The number of rotatable bonds is 2. The number of ether oxygens (including phenoxy) is 1. The minimum absolute atomic E-state index is 0.0901. The van der Waals surface area contributed by atoms with E-state index in [-0.39, 0.29) is 18.6 Å². The summed E-state index contributed by atoms with van der Waals surface area (Å²) in [5.74, 6) is -0.176. The van der Waals surface area contributed by atoms with Crippen LogP contribution < -0.4 is 0 Å².